The molecular formula is C36H74O2. The van der Waals surface area contributed by atoms with Crippen LogP contribution in [0.3, 0.4) is 0 Å². The fraction of sp³-hybridized carbons (Fsp3) is 1.00. The summed E-state index contributed by atoms with van der Waals surface area (Å²) < 4.78 is 6.07. The molecule has 1 N–H and O–H groups in total. The van der Waals surface area contributed by atoms with Crippen molar-refractivity contribution in [3.8, 4) is 0 Å². The highest BCUT2D eigenvalue weighted by atomic mass is 16.5. The van der Waals surface area contributed by atoms with E-state index < -0.39 is 0 Å². The summed E-state index contributed by atoms with van der Waals surface area (Å²) in [6.07, 6.45) is 43.7. The van der Waals surface area contributed by atoms with Crippen LogP contribution in [0.2, 0.25) is 0 Å². The maximum absolute atomic E-state index is 8.80. The quantitative estimate of drug-likeness (QED) is 0.0825. The summed E-state index contributed by atoms with van der Waals surface area (Å²) in [6.45, 7) is 5.72. The number of unbranched alkanes of at least 4 members (excludes halogenated alkanes) is 27. The van der Waals surface area contributed by atoms with E-state index in [0.717, 1.165) is 13.0 Å². The summed E-state index contributed by atoms with van der Waals surface area (Å²) in [4.78, 5) is 0. The van der Waals surface area contributed by atoms with E-state index >= 15 is 0 Å². The number of ether oxygens (including phenoxy) is 1. The Hall–Kier alpha value is -0.0800. The highest BCUT2D eigenvalue weighted by Crippen LogP contribution is 2.18. The summed E-state index contributed by atoms with van der Waals surface area (Å²) in [7, 11) is 0. The highest BCUT2D eigenvalue weighted by molar-refractivity contribution is 4.60. The van der Waals surface area contributed by atoms with Crippen molar-refractivity contribution in [3.05, 3.63) is 0 Å². The summed E-state index contributed by atoms with van der Waals surface area (Å²) in [5.74, 6) is 0. The molecule has 2 heteroatoms. The zero-order valence-electron chi connectivity index (χ0n) is 26.8. The predicted molar refractivity (Wildman–Crippen MR) is 171 cm³/mol. The van der Waals surface area contributed by atoms with Crippen LogP contribution in [-0.2, 0) is 4.74 Å². The van der Waals surface area contributed by atoms with Crippen LogP contribution >= 0.6 is 0 Å². The van der Waals surface area contributed by atoms with E-state index in [0.29, 0.717) is 12.7 Å². The molecule has 0 radical (unpaired) electrons. The molecule has 230 valence electrons. The molecule has 0 aromatic heterocycles. The molecular weight excluding hydrogens is 464 g/mol. The van der Waals surface area contributed by atoms with Crippen LogP contribution in [0.1, 0.15) is 213 Å². The fourth-order valence-electron chi connectivity index (χ4n) is 5.90. The first kappa shape index (κ1) is 37.9. The number of hydrogen-bond donors (Lipinski definition) is 1. The van der Waals surface area contributed by atoms with Crippen molar-refractivity contribution in [1.29, 1.82) is 0 Å². The molecule has 0 spiro atoms. The second-order valence-corrected chi connectivity index (χ2v) is 12.3. The lowest BCUT2D eigenvalue weighted by Gasteiger charge is -2.17. The lowest BCUT2D eigenvalue weighted by molar-refractivity contribution is 0.0470. The summed E-state index contributed by atoms with van der Waals surface area (Å²) in [5, 5.41) is 8.80. The number of aliphatic hydroxyl groups is 1. The maximum atomic E-state index is 8.80. The molecule has 0 saturated carbocycles. The number of aliphatic hydroxyl groups excluding tert-OH is 1. The Kier molecular flexibility index (Phi) is 34.9. The van der Waals surface area contributed by atoms with Gasteiger partial charge < -0.3 is 9.84 Å². The molecule has 1 unspecified atom stereocenters. The van der Waals surface area contributed by atoms with Gasteiger partial charge in [0.05, 0.1) is 6.10 Å². The van der Waals surface area contributed by atoms with E-state index in [1.165, 1.54) is 193 Å². The topological polar surface area (TPSA) is 29.5 Å². The number of rotatable bonds is 34. The first-order chi connectivity index (χ1) is 18.8. The van der Waals surface area contributed by atoms with Gasteiger partial charge in [0.25, 0.3) is 0 Å². The normalized spacial score (nSPS) is 12.4. The van der Waals surface area contributed by atoms with Crippen molar-refractivity contribution in [2.75, 3.05) is 13.2 Å². The minimum absolute atomic E-state index is 0.368. The van der Waals surface area contributed by atoms with Gasteiger partial charge in [-0.15, -0.1) is 0 Å². The van der Waals surface area contributed by atoms with Crippen molar-refractivity contribution < 1.29 is 9.84 Å². The lowest BCUT2D eigenvalue weighted by Crippen LogP contribution is -2.12. The Morgan fingerprint density at radius 2 is 0.632 bits per heavy atom. The van der Waals surface area contributed by atoms with Crippen molar-refractivity contribution >= 4 is 0 Å². The molecule has 0 aromatic rings. The third-order valence-electron chi connectivity index (χ3n) is 8.47. The second kappa shape index (κ2) is 34.9. The van der Waals surface area contributed by atoms with Gasteiger partial charge in [0.1, 0.15) is 0 Å². The lowest BCUT2D eigenvalue weighted by atomic mass is 10.0. The Balaban J connectivity index is 3.36. The molecule has 0 fully saturated rings. The van der Waals surface area contributed by atoms with Crippen LogP contribution in [-0.4, -0.2) is 24.4 Å². The fourth-order valence-corrected chi connectivity index (χ4v) is 5.90. The molecule has 0 aromatic carbocycles. The molecule has 38 heavy (non-hydrogen) atoms. The van der Waals surface area contributed by atoms with Gasteiger partial charge in [-0.2, -0.15) is 0 Å². The minimum atomic E-state index is 0.368. The third kappa shape index (κ3) is 32.1. The van der Waals surface area contributed by atoms with Gasteiger partial charge in [0.2, 0.25) is 0 Å². The highest BCUT2D eigenvalue weighted by Gasteiger charge is 2.08. The molecule has 0 saturated heterocycles. The molecule has 0 aliphatic heterocycles. The Bertz CT molecular complexity index is 397. The van der Waals surface area contributed by atoms with E-state index in [2.05, 4.69) is 13.8 Å². The largest absolute Gasteiger partial charge is 0.396 e. The first-order valence-corrected chi connectivity index (χ1v) is 18.1. The average Bonchev–Trinajstić information content (AvgIpc) is 2.92. The Labute approximate surface area is 241 Å². The van der Waals surface area contributed by atoms with E-state index in [1.807, 2.05) is 0 Å². The van der Waals surface area contributed by atoms with Crippen LogP contribution in [0.15, 0.2) is 0 Å². The van der Waals surface area contributed by atoms with Crippen LogP contribution in [0, 0.1) is 0 Å². The SMILES string of the molecule is CCCCCCCCCCCCCCCCC(CCCCCCCCCCCCCCCCCO)OCC. The molecule has 0 aliphatic rings. The van der Waals surface area contributed by atoms with Crippen molar-refractivity contribution in [3.63, 3.8) is 0 Å². The van der Waals surface area contributed by atoms with Crippen LogP contribution in [0.4, 0.5) is 0 Å². The Morgan fingerprint density at radius 1 is 0.368 bits per heavy atom. The predicted octanol–water partition coefficient (Wildman–Crippen LogP) is 12.5. The second-order valence-electron chi connectivity index (χ2n) is 12.3. The monoisotopic (exact) mass is 539 g/mol. The van der Waals surface area contributed by atoms with E-state index in [4.69, 9.17) is 9.84 Å². The number of hydrogen-bond acceptors (Lipinski definition) is 2. The summed E-state index contributed by atoms with van der Waals surface area (Å²) in [5.41, 5.74) is 0. The molecule has 0 heterocycles. The molecule has 2 nitrogen and oxygen atoms in total. The van der Waals surface area contributed by atoms with Crippen molar-refractivity contribution in [1.82, 2.24) is 0 Å². The maximum Gasteiger partial charge on any atom is 0.0575 e. The first-order valence-electron chi connectivity index (χ1n) is 18.1. The summed E-state index contributed by atoms with van der Waals surface area (Å²) in [6, 6.07) is 0. The van der Waals surface area contributed by atoms with Gasteiger partial charge in [-0.1, -0.05) is 187 Å². The van der Waals surface area contributed by atoms with Gasteiger partial charge in [-0.25, -0.2) is 0 Å². The smallest absolute Gasteiger partial charge is 0.0575 e. The standard InChI is InChI=1S/C36H74O2/c1-3-5-6-7-8-9-10-11-15-18-21-24-27-30-33-36(38-4-2)34-31-28-25-22-19-16-13-12-14-17-20-23-26-29-32-35-37/h36-37H,3-35H2,1-2H3. The molecule has 0 bridgehead atoms. The molecule has 0 amide bonds. The molecule has 0 aliphatic carbocycles. The van der Waals surface area contributed by atoms with Crippen LogP contribution in [0.5, 0.6) is 0 Å². The Morgan fingerprint density at radius 3 is 0.895 bits per heavy atom. The average molecular weight is 539 g/mol. The van der Waals surface area contributed by atoms with E-state index in [9.17, 15) is 0 Å². The minimum Gasteiger partial charge on any atom is -0.396 e. The summed E-state index contributed by atoms with van der Waals surface area (Å²) >= 11 is 0. The van der Waals surface area contributed by atoms with Crippen molar-refractivity contribution in [2.45, 2.75) is 219 Å². The zero-order chi connectivity index (χ0) is 27.6. The van der Waals surface area contributed by atoms with Crippen molar-refractivity contribution in [2.24, 2.45) is 0 Å². The van der Waals surface area contributed by atoms with E-state index in [1.54, 1.807) is 0 Å². The van der Waals surface area contributed by atoms with Crippen LogP contribution < -0.4 is 0 Å². The van der Waals surface area contributed by atoms with Gasteiger partial charge in [-0.05, 0) is 26.2 Å². The van der Waals surface area contributed by atoms with Gasteiger partial charge in [0.15, 0.2) is 0 Å². The zero-order valence-corrected chi connectivity index (χ0v) is 26.8. The molecule has 0 rings (SSSR count). The van der Waals surface area contributed by atoms with Gasteiger partial charge >= 0.3 is 0 Å². The third-order valence-corrected chi connectivity index (χ3v) is 8.47. The van der Waals surface area contributed by atoms with Crippen LogP contribution in [0.25, 0.3) is 0 Å². The van der Waals surface area contributed by atoms with Gasteiger partial charge in [-0.3, -0.25) is 0 Å². The van der Waals surface area contributed by atoms with E-state index in [-0.39, 0.29) is 0 Å². The molecule has 1 atom stereocenters. The van der Waals surface area contributed by atoms with Gasteiger partial charge in [0, 0.05) is 13.2 Å².